The molecule has 1 fully saturated rings. The molecule has 1 aliphatic heterocycles. The number of rotatable bonds is 5. The average Bonchev–Trinajstić information content (AvgIpc) is 2.71. The van der Waals surface area contributed by atoms with Gasteiger partial charge in [0.1, 0.15) is 17.1 Å². The quantitative estimate of drug-likeness (QED) is 0.599. The lowest BCUT2D eigenvalue weighted by atomic mass is 9.79. The maximum atomic E-state index is 13.9. The van der Waals surface area contributed by atoms with Gasteiger partial charge in [0.2, 0.25) is 5.88 Å². The standard InChI is InChI=1S/C25H40FN3O5S/c1-23(2,3)34-22(31)28-25(16-33-35(7,8)24(4,5)6)11-9-18(10-12-25)29-19-13-17(26)14-27-21(19)32-15-20(29)30/h13-14,18H,9-12,15-16H2,1-8H3,(H,28,31). The highest BCUT2D eigenvalue weighted by Crippen LogP contribution is 2.54. The van der Waals surface area contributed by atoms with Crippen LogP contribution in [0.1, 0.15) is 67.2 Å². The van der Waals surface area contributed by atoms with Crippen LogP contribution in [0.3, 0.4) is 0 Å². The summed E-state index contributed by atoms with van der Waals surface area (Å²) in [6, 6.07) is 1.13. The number of nitrogens with zero attached hydrogens (tertiary/aromatic N) is 2. The van der Waals surface area contributed by atoms with E-state index in [0.29, 0.717) is 38.0 Å². The molecule has 0 spiro atoms. The van der Waals surface area contributed by atoms with Gasteiger partial charge in [-0.25, -0.2) is 14.2 Å². The van der Waals surface area contributed by atoms with Gasteiger partial charge in [-0.1, -0.05) is 20.8 Å². The Labute approximate surface area is 209 Å². The number of fused-ring (bicyclic) bond motifs is 1. The Hall–Kier alpha value is -2.07. The second-order valence-corrected chi connectivity index (χ2v) is 15.7. The molecular weight excluding hydrogens is 473 g/mol. The number of hydrogen-bond acceptors (Lipinski definition) is 6. The van der Waals surface area contributed by atoms with E-state index in [1.807, 2.05) is 20.8 Å². The van der Waals surface area contributed by atoms with Gasteiger partial charge in [-0.2, -0.15) is 0 Å². The van der Waals surface area contributed by atoms with Gasteiger partial charge in [0, 0.05) is 16.9 Å². The minimum atomic E-state index is -1.42. The Bertz CT molecular complexity index is 949. The minimum absolute atomic E-state index is 0.0295. The van der Waals surface area contributed by atoms with Crippen LogP contribution in [-0.4, -0.2) is 64.6 Å². The van der Waals surface area contributed by atoms with Crippen LogP contribution in [0.25, 0.3) is 0 Å². The maximum Gasteiger partial charge on any atom is 0.408 e. The maximum absolute atomic E-state index is 13.9. The highest BCUT2D eigenvalue weighted by atomic mass is 32.3. The summed E-state index contributed by atoms with van der Waals surface area (Å²) < 4.78 is 31.4. The molecule has 1 saturated carbocycles. The van der Waals surface area contributed by atoms with Crippen LogP contribution in [0.2, 0.25) is 0 Å². The van der Waals surface area contributed by atoms with Crippen LogP contribution in [0, 0.1) is 5.82 Å². The number of ether oxygens (including phenoxy) is 2. The Morgan fingerprint density at radius 3 is 2.46 bits per heavy atom. The molecule has 2 aliphatic rings. The van der Waals surface area contributed by atoms with Gasteiger partial charge in [0.15, 0.2) is 6.61 Å². The van der Waals surface area contributed by atoms with Crippen LogP contribution in [0.4, 0.5) is 14.9 Å². The molecule has 35 heavy (non-hydrogen) atoms. The topological polar surface area (TPSA) is 90.0 Å². The van der Waals surface area contributed by atoms with Crippen molar-refractivity contribution in [2.75, 3.05) is 30.6 Å². The summed E-state index contributed by atoms with van der Waals surface area (Å²) in [5, 5.41) is 3.10. The molecule has 1 N–H and O–H groups in total. The van der Waals surface area contributed by atoms with E-state index in [1.54, 1.807) is 4.90 Å². The Morgan fingerprint density at radius 1 is 1.26 bits per heavy atom. The molecule has 0 radical (unpaired) electrons. The third-order valence-electron chi connectivity index (χ3n) is 6.81. The van der Waals surface area contributed by atoms with Crippen molar-refractivity contribution < 1.29 is 27.6 Å². The largest absolute Gasteiger partial charge is 0.466 e. The van der Waals surface area contributed by atoms with E-state index in [4.69, 9.17) is 13.7 Å². The van der Waals surface area contributed by atoms with Crippen LogP contribution in [-0.2, 0) is 13.7 Å². The smallest absolute Gasteiger partial charge is 0.408 e. The van der Waals surface area contributed by atoms with Gasteiger partial charge in [0.05, 0.1) is 18.3 Å². The highest BCUT2D eigenvalue weighted by molar-refractivity contribution is 8.29. The highest BCUT2D eigenvalue weighted by Gasteiger charge is 2.44. The predicted octanol–water partition coefficient (Wildman–Crippen LogP) is 4.95. The van der Waals surface area contributed by atoms with Gasteiger partial charge < -0.3 is 23.9 Å². The number of nitrogens with one attached hydrogen (secondary N) is 1. The SMILES string of the molecule is CC(C)(C)OC(=O)NC1(COS(C)(C)C(C)(C)C)CCC(N2C(=O)COc3ncc(F)cc32)CC1. The molecule has 2 amide bonds. The van der Waals surface area contributed by atoms with Crippen molar-refractivity contribution in [3.63, 3.8) is 0 Å². The molecule has 2 heterocycles. The first-order valence-electron chi connectivity index (χ1n) is 12.0. The lowest BCUT2D eigenvalue weighted by Gasteiger charge is -2.49. The molecule has 1 aromatic heterocycles. The minimum Gasteiger partial charge on any atom is -0.466 e. The van der Waals surface area contributed by atoms with E-state index in [1.165, 1.54) is 6.07 Å². The monoisotopic (exact) mass is 513 g/mol. The van der Waals surface area contributed by atoms with E-state index in [-0.39, 0.29) is 29.2 Å². The first kappa shape index (κ1) is 27.5. The van der Waals surface area contributed by atoms with Crippen molar-refractivity contribution in [3.05, 3.63) is 18.1 Å². The lowest BCUT2D eigenvalue weighted by molar-refractivity contribution is -0.122. The molecule has 0 bridgehead atoms. The number of amides is 2. The number of carbonyl (C=O) groups is 2. The summed E-state index contributed by atoms with van der Waals surface area (Å²) >= 11 is 0. The van der Waals surface area contributed by atoms with Crippen LogP contribution < -0.4 is 15.0 Å². The Morgan fingerprint density at radius 2 is 1.89 bits per heavy atom. The zero-order valence-electron chi connectivity index (χ0n) is 22.2. The Kier molecular flexibility index (Phi) is 7.68. The molecule has 0 atom stereocenters. The van der Waals surface area contributed by atoms with Gasteiger partial charge in [-0.15, -0.1) is 10.3 Å². The van der Waals surface area contributed by atoms with E-state index >= 15 is 0 Å². The number of carbonyl (C=O) groups excluding carboxylic acids is 2. The molecular formula is C25H40FN3O5S. The second-order valence-electron chi connectivity index (χ2n) is 11.8. The third-order valence-corrected chi connectivity index (χ3v) is 10.5. The fourth-order valence-corrected chi connectivity index (χ4v) is 4.98. The average molecular weight is 514 g/mol. The summed E-state index contributed by atoms with van der Waals surface area (Å²) in [5.41, 5.74) is -0.902. The summed E-state index contributed by atoms with van der Waals surface area (Å²) in [5.74, 6) is -0.491. The molecule has 0 aromatic carbocycles. The van der Waals surface area contributed by atoms with Gasteiger partial charge in [0.25, 0.3) is 5.91 Å². The molecule has 1 aliphatic carbocycles. The summed E-state index contributed by atoms with van der Waals surface area (Å²) in [7, 11) is -1.42. The second kappa shape index (κ2) is 9.76. The molecule has 0 saturated heterocycles. The fraction of sp³-hybridized carbons (Fsp3) is 0.720. The summed E-state index contributed by atoms with van der Waals surface area (Å²) in [6.07, 6.45) is 7.23. The lowest BCUT2D eigenvalue weighted by Crippen LogP contribution is -2.58. The summed E-state index contributed by atoms with van der Waals surface area (Å²) in [4.78, 5) is 31.2. The van der Waals surface area contributed by atoms with E-state index in [2.05, 4.69) is 43.6 Å². The van der Waals surface area contributed by atoms with Crippen molar-refractivity contribution >= 4 is 28.0 Å². The number of alkyl carbamates (subject to hydrolysis) is 1. The van der Waals surface area contributed by atoms with Crippen LogP contribution in [0.5, 0.6) is 5.88 Å². The van der Waals surface area contributed by atoms with E-state index in [0.717, 1.165) is 6.20 Å². The van der Waals surface area contributed by atoms with E-state index < -0.39 is 33.4 Å². The molecule has 1 aromatic rings. The van der Waals surface area contributed by atoms with Gasteiger partial charge >= 0.3 is 6.09 Å². The zero-order valence-corrected chi connectivity index (χ0v) is 23.0. The molecule has 3 rings (SSSR count). The van der Waals surface area contributed by atoms with Crippen molar-refractivity contribution in [2.45, 2.75) is 89.2 Å². The van der Waals surface area contributed by atoms with Gasteiger partial charge in [-0.3, -0.25) is 4.79 Å². The zero-order chi connectivity index (χ0) is 26.2. The van der Waals surface area contributed by atoms with Gasteiger partial charge in [-0.05, 0) is 59.0 Å². The van der Waals surface area contributed by atoms with E-state index in [9.17, 15) is 14.0 Å². The molecule has 10 heteroatoms. The van der Waals surface area contributed by atoms with Crippen molar-refractivity contribution in [3.8, 4) is 5.88 Å². The number of halogens is 1. The first-order chi connectivity index (χ1) is 16.0. The first-order valence-corrected chi connectivity index (χ1v) is 14.4. The molecule has 8 nitrogen and oxygen atoms in total. The van der Waals surface area contributed by atoms with Crippen LogP contribution in [0.15, 0.2) is 12.3 Å². The molecule has 198 valence electrons. The number of hydrogen-bond donors (Lipinski definition) is 1. The number of anilines is 1. The van der Waals surface area contributed by atoms with Crippen molar-refractivity contribution in [2.24, 2.45) is 0 Å². The fourth-order valence-electron chi connectivity index (χ4n) is 4.11. The van der Waals surface area contributed by atoms with Crippen LogP contribution >= 0.6 is 10.3 Å². The van der Waals surface area contributed by atoms with Crippen molar-refractivity contribution in [1.29, 1.82) is 0 Å². The normalized spacial score (nSPS) is 23.9. The summed E-state index contributed by atoms with van der Waals surface area (Å²) in [6.45, 7) is 12.2. The third kappa shape index (κ3) is 6.58. The number of aromatic nitrogens is 1. The van der Waals surface area contributed by atoms with Crippen molar-refractivity contribution in [1.82, 2.24) is 10.3 Å². The molecule has 0 unspecified atom stereocenters. The predicted molar refractivity (Wildman–Crippen MR) is 137 cm³/mol. The Balaban J connectivity index is 1.80. The number of pyridine rings is 1.